The van der Waals surface area contributed by atoms with Gasteiger partial charge in [-0.2, -0.15) is 8.42 Å². The molecule has 50 valence electrons. The summed E-state index contributed by atoms with van der Waals surface area (Å²) in [6.45, 7) is 2.27. The van der Waals surface area contributed by atoms with E-state index in [1.54, 1.807) is 0 Å². The molecule has 0 rings (SSSR count). The molecule has 0 bridgehead atoms. The summed E-state index contributed by atoms with van der Waals surface area (Å²) in [5.41, 5.74) is 0. The van der Waals surface area contributed by atoms with Crippen molar-refractivity contribution in [2.24, 2.45) is 5.14 Å². The first kappa shape index (κ1) is 12.5. The van der Waals surface area contributed by atoms with Gasteiger partial charge in [0, 0.05) is 6.54 Å². The van der Waals surface area contributed by atoms with Crippen molar-refractivity contribution in [3.63, 3.8) is 0 Å². The van der Waals surface area contributed by atoms with E-state index in [1.165, 1.54) is 0 Å². The van der Waals surface area contributed by atoms with E-state index in [9.17, 15) is 8.42 Å². The van der Waals surface area contributed by atoms with Gasteiger partial charge in [-0.3, -0.25) is 0 Å². The molecule has 4 nitrogen and oxygen atoms in total. The Hall–Kier alpha value is 0.870. The van der Waals surface area contributed by atoms with Gasteiger partial charge in [0.15, 0.2) is 0 Å². The third-order valence-corrected chi connectivity index (χ3v) is 1.16. The average molecular weight is 161 g/mol. The van der Waals surface area contributed by atoms with Crippen LogP contribution in [0, 0.1) is 0 Å². The number of hydrogen-bond acceptors (Lipinski definition) is 2. The summed E-state index contributed by atoms with van der Waals surface area (Å²) < 4.78 is 22.2. The van der Waals surface area contributed by atoms with Gasteiger partial charge in [0.2, 0.25) is 0 Å². The van der Waals surface area contributed by atoms with E-state index in [2.05, 4.69) is 9.86 Å². The molecule has 9 heavy (non-hydrogen) atoms. The van der Waals surface area contributed by atoms with Crippen LogP contribution in [-0.4, -0.2) is 15.0 Å². The average Bonchev–Trinajstić information content (AvgIpc) is 1.59. The normalized spacial score (nSPS) is 10.4. The van der Waals surface area contributed by atoms with Crippen LogP contribution < -0.4 is 39.4 Å². The standard InChI is InChI=1S/C3H10N2O2S.Na/c1-2-3-5-8(4,6)7;/h5H,2-3H2,1H3,(H2,4,6,7);/q;+1. The Balaban J connectivity index is 0. The molecule has 0 heterocycles. The van der Waals surface area contributed by atoms with Crippen molar-refractivity contribution in [1.82, 2.24) is 4.72 Å². The maximum atomic E-state index is 10.1. The molecule has 0 aliphatic heterocycles. The summed E-state index contributed by atoms with van der Waals surface area (Å²) in [6.07, 6.45) is 0.760. The van der Waals surface area contributed by atoms with Gasteiger partial charge in [0.25, 0.3) is 10.2 Å². The summed E-state index contributed by atoms with van der Waals surface area (Å²) in [4.78, 5) is 0. The topological polar surface area (TPSA) is 72.2 Å². The number of nitrogens with two attached hydrogens (primary N) is 1. The van der Waals surface area contributed by atoms with Crippen LogP contribution in [0.1, 0.15) is 13.3 Å². The van der Waals surface area contributed by atoms with Crippen LogP contribution in [0.5, 0.6) is 0 Å². The quantitative estimate of drug-likeness (QED) is 0.417. The van der Waals surface area contributed by atoms with Crippen LogP contribution in [0.3, 0.4) is 0 Å². The molecule has 0 saturated heterocycles. The predicted molar refractivity (Wildman–Crippen MR) is 31.4 cm³/mol. The Morgan fingerprint density at radius 3 is 2.11 bits per heavy atom. The van der Waals surface area contributed by atoms with E-state index in [-0.39, 0.29) is 29.6 Å². The van der Waals surface area contributed by atoms with Crippen molar-refractivity contribution < 1.29 is 38.0 Å². The molecule has 3 N–H and O–H groups in total. The van der Waals surface area contributed by atoms with E-state index < -0.39 is 10.2 Å². The molecule has 0 unspecified atom stereocenters. The SMILES string of the molecule is CCCNS(N)(=O)=O.[Na+]. The Morgan fingerprint density at radius 2 is 2.00 bits per heavy atom. The molecule has 0 aromatic rings. The molecule has 0 spiro atoms. The van der Waals surface area contributed by atoms with Crippen molar-refractivity contribution in [2.45, 2.75) is 13.3 Å². The second-order valence-electron chi connectivity index (χ2n) is 1.44. The van der Waals surface area contributed by atoms with E-state index in [0.717, 1.165) is 6.42 Å². The van der Waals surface area contributed by atoms with E-state index in [1.807, 2.05) is 6.92 Å². The maximum absolute atomic E-state index is 10.1. The Labute approximate surface area is 77.7 Å². The first-order chi connectivity index (χ1) is 3.56. The fourth-order valence-corrected chi connectivity index (χ4v) is 0.733. The first-order valence-electron chi connectivity index (χ1n) is 2.33. The van der Waals surface area contributed by atoms with Gasteiger partial charge in [-0.05, 0) is 6.42 Å². The van der Waals surface area contributed by atoms with Gasteiger partial charge in [0.1, 0.15) is 0 Å². The maximum Gasteiger partial charge on any atom is 1.00 e. The Kier molecular flexibility index (Phi) is 7.86. The zero-order valence-corrected chi connectivity index (χ0v) is 8.53. The Morgan fingerprint density at radius 1 is 1.56 bits per heavy atom. The van der Waals surface area contributed by atoms with Crippen LogP contribution in [0.2, 0.25) is 0 Å². The van der Waals surface area contributed by atoms with E-state index in [0.29, 0.717) is 6.54 Å². The molecule has 0 amide bonds. The summed E-state index contributed by atoms with van der Waals surface area (Å²) in [6, 6.07) is 0. The predicted octanol–water partition coefficient (Wildman–Crippen LogP) is -3.81. The van der Waals surface area contributed by atoms with Crippen molar-refractivity contribution >= 4 is 10.2 Å². The van der Waals surface area contributed by atoms with Crippen molar-refractivity contribution in [2.75, 3.05) is 6.54 Å². The van der Waals surface area contributed by atoms with Gasteiger partial charge in [-0.1, -0.05) is 6.92 Å². The number of nitrogens with one attached hydrogen (secondary N) is 1. The Bertz CT molecular complexity index is 144. The molecule has 0 aliphatic carbocycles. The van der Waals surface area contributed by atoms with Crippen LogP contribution in [0.4, 0.5) is 0 Å². The molecular formula is C3H10N2NaO2S+. The molecule has 0 aliphatic rings. The molecule has 0 atom stereocenters. The summed E-state index contributed by atoms with van der Waals surface area (Å²) in [5, 5.41) is 4.58. The number of rotatable bonds is 3. The zero-order chi connectivity index (χ0) is 6.62. The van der Waals surface area contributed by atoms with Crippen LogP contribution in [0.25, 0.3) is 0 Å². The van der Waals surface area contributed by atoms with Gasteiger partial charge in [-0.25, -0.2) is 9.86 Å². The molecule has 6 heteroatoms. The van der Waals surface area contributed by atoms with Gasteiger partial charge in [0.05, 0.1) is 0 Å². The fourth-order valence-electron chi connectivity index (χ4n) is 0.244. The molecule has 0 saturated carbocycles. The second kappa shape index (κ2) is 5.64. The van der Waals surface area contributed by atoms with Gasteiger partial charge >= 0.3 is 29.6 Å². The van der Waals surface area contributed by atoms with Gasteiger partial charge in [-0.15, -0.1) is 0 Å². The monoisotopic (exact) mass is 161 g/mol. The van der Waals surface area contributed by atoms with E-state index in [4.69, 9.17) is 0 Å². The minimum absolute atomic E-state index is 0. The third kappa shape index (κ3) is 12.1. The smallest absolute Gasteiger partial charge is 0.216 e. The van der Waals surface area contributed by atoms with Crippen LogP contribution in [-0.2, 0) is 10.2 Å². The second-order valence-corrected chi connectivity index (χ2v) is 2.82. The zero-order valence-electron chi connectivity index (χ0n) is 5.72. The first-order valence-corrected chi connectivity index (χ1v) is 3.88. The molecule has 0 aromatic carbocycles. The summed E-state index contributed by atoms with van der Waals surface area (Å²) in [5.74, 6) is 0. The summed E-state index contributed by atoms with van der Waals surface area (Å²) >= 11 is 0. The van der Waals surface area contributed by atoms with Crippen LogP contribution in [0.15, 0.2) is 0 Å². The molecule has 0 fully saturated rings. The van der Waals surface area contributed by atoms with Crippen LogP contribution >= 0.6 is 0 Å². The fraction of sp³-hybridized carbons (Fsp3) is 1.00. The summed E-state index contributed by atoms with van der Waals surface area (Å²) in [7, 11) is -3.44. The van der Waals surface area contributed by atoms with Crippen molar-refractivity contribution in [3.8, 4) is 0 Å². The third-order valence-electron chi connectivity index (χ3n) is 0.553. The van der Waals surface area contributed by atoms with Crippen molar-refractivity contribution in [3.05, 3.63) is 0 Å². The van der Waals surface area contributed by atoms with E-state index >= 15 is 0 Å². The number of hydrogen-bond donors (Lipinski definition) is 2. The largest absolute Gasteiger partial charge is 1.00 e. The minimum atomic E-state index is -3.44. The van der Waals surface area contributed by atoms with Crippen molar-refractivity contribution in [1.29, 1.82) is 0 Å². The molecule has 0 radical (unpaired) electrons. The molecule has 0 aromatic heterocycles. The van der Waals surface area contributed by atoms with Gasteiger partial charge < -0.3 is 0 Å². The molecular weight excluding hydrogens is 151 g/mol. The minimum Gasteiger partial charge on any atom is -0.216 e.